The van der Waals surface area contributed by atoms with Gasteiger partial charge in [0.25, 0.3) is 0 Å². The molecule has 2 aromatic rings. The van der Waals surface area contributed by atoms with E-state index in [0.29, 0.717) is 43.9 Å². The van der Waals surface area contributed by atoms with Gasteiger partial charge in [-0.05, 0) is 74.6 Å². The van der Waals surface area contributed by atoms with Crippen LogP contribution in [0.1, 0.15) is 29.5 Å². The summed E-state index contributed by atoms with van der Waals surface area (Å²) in [6.07, 6.45) is 1.17. The maximum atomic E-state index is 13.1. The highest BCUT2D eigenvalue weighted by atomic mass is 32.2. The Morgan fingerprint density at radius 3 is 2.16 bits per heavy atom. The number of amides is 1. The summed E-state index contributed by atoms with van der Waals surface area (Å²) in [6.45, 7) is 9.88. The molecular weight excluding hydrogens is 422 g/mol. The minimum atomic E-state index is -3.52. The Bertz CT molecular complexity index is 1080. The quantitative estimate of drug-likeness (QED) is 0.709. The van der Waals surface area contributed by atoms with Crippen molar-refractivity contribution in [3.8, 4) is 0 Å². The number of hydrogen-bond acceptors (Lipinski definition) is 4. The molecule has 172 valence electrons. The number of sulfonamides is 1. The van der Waals surface area contributed by atoms with E-state index in [1.165, 1.54) is 15.6 Å². The highest BCUT2D eigenvalue weighted by Crippen LogP contribution is 2.27. The van der Waals surface area contributed by atoms with Crippen LogP contribution in [0.25, 0.3) is 0 Å². The molecule has 2 fully saturated rings. The minimum absolute atomic E-state index is 0.0910. The topological polar surface area (TPSA) is 60.9 Å². The summed E-state index contributed by atoms with van der Waals surface area (Å²) in [4.78, 5) is 17.7. The summed E-state index contributed by atoms with van der Waals surface area (Å²) in [6, 6.07) is 13.8. The Balaban J connectivity index is 1.32. The molecule has 0 aliphatic carbocycles. The van der Waals surface area contributed by atoms with Crippen LogP contribution < -0.4 is 4.90 Å². The fraction of sp³-hybridized carbons (Fsp3) is 0.480. The second kappa shape index (κ2) is 9.24. The normalized spacial score (nSPS) is 18.7. The molecule has 0 saturated carbocycles. The van der Waals surface area contributed by atoms with E-state index in [-0.39, 0.29) is 11.8 Å². The highest BCUT2D eigenvalue weighted by Gasteiger charge is 2.34. The van der Waals surface area contributed by atoms with E-state index in [2.05, 4.69) is 36.1 Å². The van der Waals surface area contributed by atoms with Crippen molar-refractivity contribution in [2.45, 2.75) is 38.5 Å². The third-order valence-electron chi connectivity index (χ3n) is 6.88. The van der Waals surface area contributed by atoms with E-state index < -0.39 is 10.0 Å². The Morgan fingerprint density at radius 1 is 0.844 bits per heavy atom. The zero-order valence-electron chi connectivity index (χ0n) is 19.3. The summed E-state index contributed by atoms with van der Waals surface area (Å²) in [5, 5.41) is 0. The van der Waals surface area contributed by atoms with Gasteiger partial charge in [0.1, 0.15) is 0 Å². The fourth-order valence-electron chi connectivity index (χ4n) is 4.63. The number of piperidine rings is 1. The maximum Gasteiger partial charge on any atom is 0.243 e. The van der Waals surface area contributed by atoms with Crippen LogP contribution in [-0.2, 0) is 14.8 Å². The van der Waals surface area contributed by atoms with Crippen molar-refractivity contribution < 1.29 is 13.2 Å². The Hall–Kier alpha value is -2.38. The fourth-order valence-corrected chi connectivity index (χ4v) is 6.19. The molecule has 7 heteroatoms. The molecule has 2 aromatic carbocycles. The molecule has 2 aliphatic rings. The molecule has 4 rings (SSSR count). The number of carbonyl (C=O) groups excluding carboxylic acids is 1. The molecule has 6 nitrogen and oxygen atoms in total. The number of nitrogens with zero attached hydrogens (tertiary/aromatic N) is 3. The second-order valence-electron chi connectivity index (χ2n) is 9.08. The molecule has 0 unspecified atom stereocenters. The maximum absolute atomic E-state index is 13.1. The van der Waals surface area contributed by atoms with Crippen molar-refractivity contribution in [1.82, 2.24) is 9.21 Å². The van der Waals surface area contributed by atoms with Crippen LogP contribution in [0, 0.1) is 26.7 Å². The van der Waals surface area contributed by atoms with E-state index in [1.807, 2.05) is 24.8 Å². The molecule has 0 aromatic heterocycles. The molecule has 1 amide bonds. The average molecular weight is 456 g/mol. The number of anilines is 1. The molecule has 0 N–H and O–H groups in total. The molecule has 32 heavy (non-hydrogen) atoms. The van der Waals surface area contributed by atoms with Crippen LogP contribution in [0.2, 0.25) is 0 Å². The first kappa shape index (κ1) is 22.8. The van der Waals surface area contributed by atoms with Gasteiger partial charge in [-0.3, -0.25) is 4.79 Å². The van der Waals surface area contributed by atoms with Gasteiger partial charge in [-0.15, -0.1) is 0 Å². The average Bonchev–Trinajstić information content (AvgIpc) is 2.80. The van der Waals surface area contributed by atoms with E-state index in [1.54, 1.807) is 12.1 Å². The second-order valence-corrected chi connectivity index (χ2v) is 11.0. The van der Waals surface area contributed by atoms with Crippen molar-refractivity contribution in [1.29, 1.82) is 0 Å². The van der Waals surface area contributed by atoms with E-state index >= 15 is 0 Å². The van der Waals surface area contributed by atoms with Crippen LogP contribution in [0.3, 0.4) is 0 Å². The zero-order valence-corrected chi connectivity index (χ0v) is 20.1. The van der Waals surface area contributed by atoms with Crippen LogP contribution in [-0.4, -0.2) is 62.8 Å². The number of aryl methyl sites for hydroxylation is 3. The van der Waals surface area contributed by atoms with E-state index in [0.717, 1.165) is 24.2 Å². The molecule has 0 atom stereocenters. The lowest BCUT2D eigenvalue weighted by Crippen LogP contribution is -2.52. The molecular formula is C25H33N3O3S. The predicted octanol–water partition coefficient (Wildman–Crippen LogP) is 3.36. The van der Waals surface area contributed by atoms with Gasteiger partial charge in [-0.1, -0.05) is 18.2 Å². The SMILES string of the molecule is Cc1cccc(N2CCN(C(=O)C3CCN(S(=O)(=O)c4ccc(C)c(C)c4)CC3)CC2)c1. The van der Waals surface area contributed by atoms with Gasteiger partial charge in [0.2, 0.25) is 15.9 Å². The van der Waals surface area contributed by atoms with Crippen molar-refractivity contribution in [3.63, 3.8) is 0 Å². The summed E-state index contributed by atoms with van der Waals surface area (Å²) < 4.78 is 27.6. The van der Waals surface area contributed by atoms with Gasteiger partial charge in [0.15, 0.2) is 0 Å². The van der Waals surface area contributed by atoms with Gasteiger partial charge in [0.05, 0.1) is 4.90 Å². The van der Waals surface area contributed by atoms with E-state index in [4.69, 9.17) is 0 Å². The van der Waals surface area contributed by atoms with Crippen LogP contribution in [0.5, 0.6) is 0 Å². The van der Waals surface area contributed by atoms with Gasteiger partial charge in [0, 0.05) is 50.9 Å². The Kier molecular flexibility index (Phi) is 6.58. The lowest BCUT2D eigenvalue weighted by atomic mass is 9.96. The van der Waals surface area contributed by atoms with Crippen molar-refractivity contribution in [2.24, 2.45) is 5.92 Å². The number of piperazine rings is 1. The lowest BCUT2D eigenvalue weighted by Gasteiger charge is -2.39. The number of hydrogen-bond donors (Lipinski definition) is 0. The third kappa shape index (κ3) is 4.69. The lowest BCUT2D eigenvalue weighted by molar-refractivity contribution is -0.137. The van der Waals surface area contributed by atoms with Gasteiger partial charge < -0.3 is 9.80 Å². The summed E-state index contributed by atoms with van der Waals surface area (Å²) in [5.74, 6) is 0.0869. The van der Waals surface area contributed by atoms with Crippen molar-refractivity contribution in [2.75, 3.05) is 44.2 Å². The number of rotatable bonds is 4. The van der Waals surface area contributed by atoms with Crippen molar-refractivity contribution >= 4 is 21.6 Å². The summed E-state index contributed by atoms with van der Waals surface area (Å²) in [5.41, 5.74) is 4.50. The predicted molar refractivity (Wildman–Crippen MR) is 127 cm³/mol. The van der Waals surface area contributed by atoms with Crippen LogP contribution in [0.4, 0.5) is 5.69 Å². The Labute approximate surface area is 191 Å². The molecule has 0 bridgehead atoms. The molecule has 2 saturated heterocycles. The van der Waals surface area contributed by atoms with Gasteiger partial charge in [-0.2, -0.15) is 4.31 Å². The van der Waals surface area contributed by atoms with Gasteiger partial charge >= 0.3 is 0 Å². The number of carbonyl (C=O) groups is 1. The largest absolute Gasteiger partial charge is 0.368 e. The first-order valence-electron chi connectivity index (χ1n) is 11.4. The highest BCUT2D eigenvalue weighted by molar-refractivity contribution is 7.89. The first-order chi connectivity index (χ1) is 15.3. The zero-order chi connectivity index (χ0) is 22.9. The summed E-state index contributed by atoms with van der Waals surface area (Å²) >= 11 is 0. The monoisotopic (exact) mass is 455 g/mol. The van der Waals surface area contributed by atoms with Crippen molar-refractivity contribution in [3.05, 3.63) is 59.2 Å². The third-order valence-corrected chi connectivity index (χ3v) is 8.77. The standard InChI is InChI=1S/C25H33N3O3S/c1-19-5-4-6-23(17-19)26-13-15-27(16-14-26)25(29)22-9-11-28(12-10-22)32(30,31)24-8-7-20(2)21(3)18-24/h4-8,17-18,22H,9-16H2,1-3H3. The minimum Gasteiger partial charge on any atom is -0.368 e. The molecule has 0 spiro atoms. The van der Waals surface area contributed by atoms with E-state index in [9.17, 15) is 13.2 Å². The van der Waals surface area contributed by atoms with Crippen LogP contribution in [0.15, 0.2) is 47.4 Å². The Morgan fingerprint density at radius 2 is 1.53 bits per heavy atom. The first-order valence-corrected chi connectivity index (χ1v) is 12.9. The molecule has 2 aliphatic heterocycles. The smallest absolute Gasteiger partial charge is 0.243 e. The summed E-state index contributed by atoms with van der Waals surface area (Å²) in [7, 11) is -3.52. The van der Waals surface area contributed by atoms with Gasteiger partial charge in [-0.25, -0.2) is 8.42 Å². The van der Waals surface area contributed by atoms with Crippen LogP contribution >= 0.6 is 0 Å². The molecule has 0 radical (unpaired) electrons. The molecule has 2 heterocycles. The number of benzene rings is 2.